The molecule has 0 aromatic rings. The lowest BCUT2D eigenvalue weighted by Crippen LogP contribution is -2.13. The van der Waals surface area contributed by atoms with Gasteiger partial charge in [-0.05, 0) is 18.2 Å². The standard InChI is InChI=1S/C8H13NO2S/c1-3-8(5-12-6-9)4-11-7(2)10/h8H,3-5H2,1-2H3. The molecule has 12 heavy (non-hydrogen) atoms. The van der Waals surface area contributed by atoms with Gasteiger partial charge in [0.05, 0.1) is 6.61 Å². The number of nitriles is 1. The molecule has 0 aliphatic heterocycles. The van der Waals surface area contributed by atoms with Crippen molar-refractivity contribution in [3.05, 3.63) is 0 Å². The smallest absolute Gasteiger partial charge is 0.302 e. The minimum atomic E-state index is -0.254. The summed E-state index contributed by atoms with van der Waals surface area (Å²) in [6.45, 7) is 3.84. The summed E-state index contributed by atoms with van der Waals surface area (Å²) in [6, 6.07) is 0. The molecule has 0 spiro atoms. The number of ether oxygens (including phenoxy) is 1. The van der Waals surface area contributed by atoms with Gasteiger partial charge in [0.15, 0.2) is 0 Å². The number of rotatable bonds is 5. The van der Waals surface area contributed by atoms with Crippen molar-refractivity contribution in [3.63, 3.8) is 0 Å². The lowest BCUT2D eigenvalue weighted by atomic mass is 10.1. The van der Waals surface area contributed by atoms with Crippen LogP contribution in [0.25, 0.3) is 0 Å². The molecule has 0 aromatic heterocycles. The van der Waals surface area contributed by atoms with Crippen LogP contribution < -0.4 is 0 Å². The van der Waals surface area contributed by atoms with Gasteiger partial charge in [0.25, 0.3) is 0 Å². The summed E-state index contributed by atoms with van der Waals surface area (Å²) < 4.78 is 4.83. The number of thioether (sulfide) groups is 1. The molecule has 0 bridgehead atoms. The first-order valence-corrected chi connectivity index (χ1v) is 4.83. The van der Waals surface area contributed by atoms with Gasteiger partial charge < -0.3 is 4.74 Å². The van der Waals surface area contributed by atoms with Crippen LogP contribution in [-0.2, 0) is 9.53 Å². The zero-order valence-corrected chi connectivity index (χ0v) is 8.19. The summed E-state index contributed by atoms with van der Waals surface area (Å²) in [5.41, 5.74) is 0. The molecule has 4 heteroatoms. The van der Waals surface area contributed by atoms with Crippen molar-refractivity contribution in [2.24, 2.45) is 5.92 Å². The minimum Gasteiger partial charge on any atom is -0.466 e. The van der Waals surface area contributed by atoms with Gasteiger partial charge in [0.2, 0.25) is 0 Å². The first-order chi connectivity index (χ1) is 5.70. The molecule has 1 unspecified atom stereocenters. The lowest BCUT2D eigenvalue weighted by molar-refractivity contribution is -0.142. The van der Waals surface area contributed by atoms with E-state index < -0.39 is 0 Å². The largest absolute Gasteiger partial charge is 0.466 e. The Kier molecular flexibility index (Phi) is 6.58. The third-order valence-corrected chi connectivity index (χ3v) is 2.25. The summed E-state index contributed by atoms with van der Waals surface area (Å²) in [6.07, 6.45) is 0.932. The molecule has 0 aliphatic carbocycles. The van der Waals surface area contributed by atoms with Crippen LogP contribution in [0.15, 0.2) is 0 Å². The highest BCUT2D eigenvalue weighted by Gasteiger charge is 2.07. The number of carbonyl (C=O) groups is 1. The van der Waals surface area contributed by atoms with E-state index in [0.717, 1.165) is 12.2 Å². The number of nitrogens with zero attached hydrogens (tertiary/aromatic N) is 1. The summed E-state index contributed by atoms with van der Waals surface area (Å²) in [7, 11) is 0. The van der Waals surface area contributed by atoms with Crippen molar-refractivity contribution in [1.82, 2.24) is 0 Å². The minimum absolute atomic E-state index is 0.254. The van der Waals surface area contributed by atoms with E-state index in [4.69, 9.17) is 10.00 Å². The topological polar surface area (TPSA) is 50.1 Å². The van der Waals surface area contributed by atoms with Crippen LogP contribution >= 0.6 is 11.8 Å². The van der Waals surface area contributed by atoms with E-state index in [0.29, 0.717) is 12.5 Å². The summed E-state index contributed by atoms with van der Waals surface area (Å²) >= 11 is 1.21. The lowest BCUT2D eigenvalue weighted by Gasteiger charge is -2.11. The maximum Gasteiger partial charge on any atom is 0.302 e. The Labute approximate surface area is 77.1 Å². The normalized spacial score (nSPS) is 11.8. The molecule has 0 aliphatic rings. The van der Waals surface area contributed by atoms with Crippen molar-refractivity contribution >= 4 is 17.7 Å². The second-order valence-corrected chi connectivity index (χ2v) is 3.28. The Morgan fingerprint density at radius 3 is 2.83 bits per heavy atom. The molecule has 0 heterocycles. The average Bonchev–Trinajstić information content (AvgIpc) is 2.05. The van der Waals surface area contributed by atoms with Gasteiger partial charge >= 0.3 is 5.97 Å². The molecule has 1 atom stereocenters. The van der Waals surface area contributed by atoms with Gasteiger partial charge in [-0.15, -0.1) is 0 Å². The summed E-state index contributed by atoms with van der Waals surface area (Å²) in [4.78, 5) is 10.4. The summed E-state index contributed by atoms with van der Waals surface area (Å²) in [5.74, 6) is 0.786. The Bertz CT molecular complexity index is 176. The average molecular weight is 187 g/mol. The highest BCUT2D eigenvalue weighted by molar-refractivity contribution is 8.03. The van der Waals surface area contributed by atoms with E-state index in [9.17, 15) is 4.79 Å². The van der Waals surface area contributed by atoms with Gasteiger partial charge in [-0.3, -0.25) is 4.79 Å². The highest BCUT2D eigenvalue weighted by atomic mass is 32.2. The molecule has 0 fully saturated rings. The van der Waals surface area contributed by atoms with Crippen LogP contribution in [0.2, 0.25) is 0 Å². The zero-order valence-electron chi connectivity index (χ0n) is 7.37. The molecule has 3 nitrogen and oxygen atoms in total. The SMILES string of the molecule is CCC(COC(C)=O)CSC#N. The molecular formula is C8H13NO2S. The van der Waals surface area contributed by atoms with Crippen LogP contribution in [0.1, 0.15) is 20.3 Å². The Hall–Kier alpha value is -0.690. The number of esters is 1. The van der Waals surface area contributed by atoms with E-state index in [1.165, 1.54) is 18.7 Å². The Morgan fingerprint density at radius 1 is 1.75 bits per heavy atom. The third-order valence-electron chi connectivity index (χ3n) is 1.48. The monoisotopic (exact) mass is 187 g/mol. The number of hydrogen-bond acceptors (Lipinski definition) is 4. The maximum atomic E-state index is 10.4. The van der Waals surface area contributed by atoms with Crippen LogP contribution in [0, 0.1) is 16.6 Å². The highest BCUT2D eigenvalue weighted by Crippen LogP contribution is 2.11. The molecule has 68 valence electrons. The molecule has 0 saturated carbocycles. The second-order valence-electron chi connectivity index (χ2n) is 2.48. The molecule has 0 amide bonds. The van der Waals surface area contributed by atoms with Gasteiger partial charge in [0.1, 0.15) is 5.40 Å². The van der Waals surface area contributed by atoms with E-state index in [1.54, 1.807) is 0 Å². The van der Waals surface area contributed by atoms with Crippen LogP contribution in [-0.4, -0.2) is 18.3 Å². The Balaban J connectivity index is 3.54. The van der Waals surface area contributed by atoms with Gasteiger partial charge in [0, 0.05) is 18.6 Å². The second kappa shape index (κ2) is 6.99. The van der Waals surface area contributed by atoms with Crippen molar-refractivity contribution in [2.75, 3.05) is 12.4 Å². The molecule has 0 N–H and O–H groups in total. The molecule has 0 rings (SSSR count). The first-order valence-electron chi connectivity index (χ1n) is 3.85. The predicted molar refractivity (Wildman–Crippen MR) is 48.5 cm³/mol. The quantitative estimate of drug-likeness (QED) is 0.486. The van der Waals surface area contributed by atoms with Crippen molar-refractivity contribution in [1.29, 1.82) is 5.26 Å². The molecule has 0 saturated heterocycles. The number of hydrogen-bond donors (Lipinski definition) is 0. The van der Waals surface area contributed by atoms with E-state index in [2.05, 4.69) is 0 Å². The van der Waals surface area contributed by atoms with Crippen LogP contribution in [0.3, 0.4) is 0 Å². The molecular weight excluding hydrogens is 174 g/mol. The van der Waals surface area contributed by atoms with Gasteiger partial charge in [-0.25, -0.2) is 0 Å². The van der Waals surface area contributed by atoms with Crippen LogP contribution in [0.5, 0.6) is 0 Å². The fraction of sp³-hybridized carbons (Fsp3) is 0.750. The fourth-order valence-electron chi connectivity index (χ4n) is 0.674. The predicted octanol–water partition coefficient (Wildman–Crippen LogP) is 1.79. The fourth-order valence-corrected chi connectivity index (χ4v) is 1.32. The van der Waals surface area contributed by atoms with E-state index in [-0.39, 0.29) is 5.97 Å². The number of thiocyanates is 1. The van der Waals surface area contributed by atoms with Crippen LogP contribution in [0.4, 0.5) is 0 Å². The summed E-state index contributed by atoms with van der Waals surface area (Å²) in [5, 5.41) is 10.3. The van der Waals surface area contributed by atoms with Crippen molar-refractivity contribution < 1.29 is 9.53 Å². The molecule has 0 radical (unpaired) electrons. The third kappa shape index (κ3) is 6.05. The number of carbonyl (C=O) groups excluding carboxylic acids is 1. The van der Waals surface area contributed by atoms with Crippen molar-refractivity contribution in [3.8, 4) is 5.40 Å². The van der Waals surface area contributed by atoms with Crippen molar-refractivity contribution in [2.45, 2.75) is 20.3 Å². The zero-order chi connectivity index (χ0) is 9.40. The van der Waals surface area contributed by atoms with Gasteiger partial charge in [-0.2, -0.15) is 5.26 Å². The maximum absolute atomic E-state index is 10.4. The molecule has 0 aromatic carbocycles. The van der Waals surface area contributed by atoms with Gasteiger partial charge in [-0.1, -0.05) is 6.92 Å². The first kappa shape index (κ1) is 11.3. The Morgan fingerprint density at radius 2 is 2.42 bits per heavy atom. The van der Waals surface area contributed by atoms with E-state index >= 15 is 0 Å². The van der Waals surface area contributed by atoms with E-state index in [1.807, 2.05) is 12.3 Å².